The Labute approximate surface area is 230 Å². The Kier molecular flexibility index (Phi) is 6.53. The summed E-state index contributed by atoms with van der Waals surface area (Å²) in [5.41, 5.74) is 5.72. The zero-order valence-electron chi connectivity index (χ0n) is 21.1. The van der Waals surface area contributed by atoms with Crippen LogP contribution in [-0.2, 0) is 0 Å². The number of rotatable bonds is 8. The van der Waals surface area contributed by atoms with Gasteiger partial charge in [0.1, 0.15) is 17.4 Å². The van der Waals surface area contributed by atoms with Crippen molar-refractivity contribution in [3.05, 3.63) is 119 Å². The van der Waals surface area contributed by atoms with Crippen molar-refractivity contribution in [2.24, 2.45) is 5.92 Å². The molecule has 39 heavy (non-hydrogen) atoms. The van der Waals surface area contributed by atoms with Gasteiger partial charge in [-0.15, -0.1) is 0 Å². The molecule has 1 atom stereocenters. The van der Waals surface area contributed by atoms with Crippen LogP contribution in [0.3, 0.4) is 0 Å². The summed E-state index contributed by atoms with van der Waals surface area (Å²) in [4.78, 5) is 21.6. The SMILES string of the molecule is C=C(O)c1cc(C(=O)CC(c2ccc(F)cc2)C2CC2)ccc1-c1c(Cl)cccc1-c1nc2ccccc2[nH]1. The average molecular weight is 537 g/mol. The van der Waals surface area contributed by atoms with E-state index in [-0.39, 0.29) is 23.3 Å². The van der Waals surface area contributed by atoms with E-state index in [9.17, 15) is 14.3 Å². The number of para-hydroxylation sites is 2. The van der Waals surface area contributed by atoms with E-state index < -0.39 is 0 Å². The molecule has 2 N–H and O–H groups in total. The zero-order chi connectivity index (χ0) is 27.1. The van der Waals surface area contributed by atoms with Crippen LogP contribution >= 0.6 is 11.6 Å². The molecule has 1 saturated carbocycles. The number of aliphatic hydroxyl groups excluding tert-OH is 1. The predicted octanol–water partition coefficient (Wildman–Crippen LogP) is 8.98. The van der Waals surface area contributed by atoms with Crippen molar-refractivity contribution >= 4 is 34.2 Å². The van der Waals surface area contributed by atoms with Gasteiger partial charge in [0.25, 0.3) is 0 Å². The van der Waals surface area contributed by atoms with Crippen molar-refractivity contribution < 1.29 is 14.3 Å². The molecular formula is C33H26ClFN2O2. The number of hydrogen-bond acceptors (Lipinski definition) is 3. The molecule has 0 saturated heterocycles. The molecule has 0 amide bonds. The number of nitrogens with zero attached hydrogens (tertiary/aromatic N) is 1. The number of aliphatic hydroxyl groups is 1. The first kappa shape index (κ1) is 25.1. The highest BCUT2D eigenvalue weighted by Gasteiger charge is 2.34. The number of ketones is 1. The first-order valence-electron chi connectivity index (χ1n) is 12.9. The molecule has 0 bridgehead atoms. The van der Waals surface area contributed by atoms with Gasteiger partial charge in [-0.3, -0.25) is 4.79 Å². The largest absolute Gasteiger partial charge is 0.508 e. The lowest BCUT2D eigenvalue weighted by Crippen LogP contribution is -2.10. The Morgan fingerprint density at radius 2 is 1.79 bits per heavy atom. The van der Waals surface area contributed by atoms with Crippen LogP contribution in [0.15, 0.2) is 91.5 Å². The van der Waals surface area contributed by atoms with Gasteiger partial charge in [0.05, 0.1) is 11.0 Å². The molecule has 5 aromatic rings. The number of aromatic amines is 1. The summed E-state index contributed by atoms with van der Waals surface area (Å²) in [5.74, 6) is 0.606. The van der Waals surface area contributed by atoms with Crippen LogP contribution < -0.4 is 0 Å². The molecule has 0 radical (unpaired) electrons. The Morgan fingerprint density at radius 3 is 2.51 bits per heavy atom. The number of carbonyl (C=O) groups excluding carboxylic acids is 1. The summed E-state index contributed by atoms with van der Waals surface area (Å²) in [7, 11) is 0. The summed E-state index contributed by atoms with van der Waals surface area (Å²) in [6, 6.07) is 25.0. The second kappa shape index (κ2) is 10.2. The maximum atomic E-state index is 13.5. The molecule has 4 aromatic carbocycles. The van der Waals surface area contributed by atoms with Gasteiger partial charge < -0.3 is 10.1 Å². The molecule has 1 unspecified atom stereocenters. The van der Waals surface area contributed by atoms with Crippen molar-refractivity contribution in [3.8, 4) is 22.5 Å². The van der Waals surface area contributed by atoms with E-state index in [0.29, 0.717) is 45.4 Å². The van der Waals surface area contributed by atoms with E-state index in [1.54, 1.807) is 36.4 Å². The Hall–Kier alpha value is -4.22. The standard InChI is InChI=1S/C33H26ClFN2O2/c1-19(38)26-17-22(31(39)18-27(20-9-10-20)21-11-14-23(35)15-12-21)13-16-24(26)32-25(5-4-6-28(32)34)33-36-29-7-2-3-8-30(29)37-33/h2-8,11-17,20,27,38H,1,9-10,18H2,(H,36,37). The van der Waals surface area contributed by atoms with Gasteiger partial charge in [0.2, 0.25) is 0 Å². The predicted molar refractivity (Wildman–Crippen MR) is 154 cm³/mol. The molecule has 1 heterocycles. The number of carbonyl (C=O) groups is 1. The molecule has 1 aliphatic rings. The van der Waals surface area contributed by atoms with Crippen molar-refractivity contribution in [2.75, 3.05) is 0 Å². The summed E-state index contributed by atoms with van der Waals surface area (Å²) in [6.45, 7) is 3.78. The third-order valence-electron chi connectivity index (χ3n) is 7.47. The molecule has 6 heteroatoms. The molecular weight excluding hydrogens is 511 g/mol. The molecule has 1 aromatic heterocycles. The minimum absolute atomic E-state index is 0.0295. The van der Waals surface area contributed by atoms with Crippen LogP contribution in [0.5, 0.6) is 0 Å². The van der Waals surface area contributed by atoms with E-state index in [2.05, 4.69) is 11.6 Å². The lowest BCUT2D eigenvalue weighted by molar-refractivity contribution is 0.0970. The first-order chi connectivity index (χ1) is 18.9. The molecule has 0 aliphatic heterocycles. The lowest BCUT2D eigenvalue weighted by atomic mass is 9.86. The fourth-order valence-electron chi connectivity index (χ4n) is 5.33. The second-order valence-electron chi connectivity index (χ2n) is 10.1. The monoisotopic (exact) mass is 536 g/mol. The fraction of sp³-hybridized carbons (Fsp3) is 0.152. The molecule has 0 spiro atoms. The normalized spacial score (nSPS) is 13.9. The number of halogens is 2. The maximum Gasteiger partial charge on any atom is 0.163 e. The summed E-state index contributed by atoms with van der Waals surface area (Å²) >= 11 is 6.73. The van der Waals surface area contributed by atoms with Crippen LogP contribution in [0.2, 0.25) is 5.02 Å². The van der Waals surface area contributed by atoms with Crippen LogP contribution in [0.4, 0.5) is 4.39 Å². The topological polar surface area (TPSA) is 66.0 Å². The number of nitrogens with one attached hydrogen (secondary N) is 1. The molecule has 1 aliphatic carbocycles. The molecule has 6 rings (SSSR count). The Balaban J connectivity index is 1.38. The third-order valence-corrected chi connectivity index (χ3v) is 7.79. The van der Waals surface area contributed by atoms with E-state index in [0.717, 1.165) is 35.0 Å². The van der Waals surface area contributed by atoms with Crippen LogP contribution in [0, 0.1) is 11.7 Å². The van der Waals surface area contributed by atoms with Crippen molar-refractivity contribution in [3.63, 3.8) is 0 Å². The fourth-order valence-corrected chi connectivity index (χ4v) is 5.61. The van der Waals surface area contributed by atoms with Crippen molar-refractivity contribution in [1.29, 1.82) is 0 Å². The van der Waals surface area contributed by atoms with Crippen LogP contribution in [-0.4, -0.2) is 20.9 Å². The van der Waals surface area contributed by atoms with Crippen molar-refractivity contribution in [2.45, 2.75) is 25.2 Å². The highest BCUT2D eigenvalue weighted by Crippen LogP contribution is 2.45. The quantitative estimate of drug-likeness (QED) is 0.153. The van der Waals surface area contributed by atoms with Crippen molar-refractivity contribution in [1.82, 2.24) is 9.97 Å². The third kappa shape index (κ3) is 4.98. The van der Waals surface area contributed by atoms with Gasteiger partial charge in [0.15, 0.2) is 5.78 Å². The number of imidazole rings is 1. The highest BCUT2D eigenvalue weighted by atomic mass is 35.5. The average Bonchev–Trinajstić information content (AvgIpc) is 3.69. The molecule has 4 nitrogen and oxygen atoms in total. The zero-order valence-corrected chi connectivity index (χ0v) is 21.9. The van der Waals surface area contributed by atoms with E-state index >= 15 is 0 Å². The first-order valence-corrected chi connectivity index (χ1v) is 13.3. The van der Waals surface area contributed by atoms with Gasteiger partial charge in [0, 0.05) is 33.7 Å². The number of hydrogen-bond donors (Lipinski definition) is 2. The number of H-pyrrole nitrogens is 1. The van der Waals surface area contributed by atoms with E-state index in [1.807, 2.05) is 36.4 Å². The van der Waals surface area contributed by atoms with Gasteiger partial charge in [-0.05, 0) is 72.2 Å². The van der Waals surface area contributed by atoms with Gasteiger partial charge in [-0.1, -0.05) is 66.7 Å². The van der Waals surface area contributed by atoms with Gasteiger partial charge >= 0.3 is 0 Å². The van der Waals surface area contributed by atoms with E-state index in [4.69, 9.17) is 16.6 Å². The minimum Gasteiger partial charge on any atom is -0.508 e. The highest BCUT2D eigenvalue weighted by molar-refractivity contribution is 6.34. The summed E-state index contributed by atoms with van der Waals surface area (Å²) in [5, 5.41) is 11.1. The molecule has 1 fully saturated rings. The van der Waals surface area contributed by atoms with Crippen LogP contribution in [0.25, 0.3) is 39.3 Å². The Morgan fingerprint density at radius 1 is 1.03 bits per heavy atom. The van der Waals surface area contributed by atoms with Crippen LogP contribution in [0.1, 0.15) is 46.7 Å². The number of Topliss-reactive ketones (excluding diaryl/α,β-unsaturated/α-hetero) is 1. The number of fused-ring (bicyclic) bond motifs is 1. The Bertz CT molecular complexity index is 1690. The number of aromatic nitrogens is 2. The van der Waals surface area contributed by atoms with Gasteiger partial charge in [-0.2, -0.15) is 0 Å². The smallest absolute Gasteiger partial charge is 0.163 e. The lowest BCUT2D eigenvalue weighted by Gasteiger charge is -2.18. The second-order valence-corrected chi connectivity index (χ2v) is 10.5. The minimum atomic E-state index is -0.289. The van der Waals surface area contributed by atoms with E-state index in [1.165, 1.54) is 12.1 Å². The summed E-state index contributed by atoms with van der Waals surface area (Å²) < 4.78 is 13.5. The molecule has 194 valence electrons. The van der Waals surface area contributed by atoms with Gasteiger partial charge in [-0.25, -0.2) is 9.37 Å². The maximum absolute atomic E-state index is 13.5. The number of benzene rings is 4. The summed E-state index contributed by atoms with van der Waals surface area (Å²) in [6.07, 6.45) is 2.43.